The summed E-state index contributed by atoms with van der Waals surface area (Å²) >= 11 is 0. The molecule has 0 aliphatic carbocycles. The van der Waals surface area contributed by atoms with Crippen LogP contribution in [0, 0.1) is 0 Å². The Hall–Kier alpha value is -1.66. The SMILES string of the molecule is C=C(C)C(=O)OCCC[Si]1(C)O[Si](C)(CCC)O[Si](C)(CCCOC(=O)C(=C)C)O[Si](C)(CCCOC(=O)C(=C)C)O1. The number of hydrogen-bond donors (Lipinski definition) is 0. The van der Waals surface area contributed by atoms with E-state index in [1.54, 1.807) is 20.8 Å². The Kier molecular flexibility index (Phi) is 15.5. The van der Waals surface area contributed by atoms with Crippen molar-refractivity contribution < 1.29 is 45.1 Å². The summed E-state index contributed by atoms with van der Waals surface area (Å²) in [5, 5.41) is 0. The maximum Gasteiger partial charge on any atom is 0.333 e. The molecule has 1 rings (SSSR count). The zero-order valence-corrected chi connectivity index (χ0v) is 31.0. The maximum atomic E-state index is 11.9. The van der Waals surface area contributed by atoms with Crippen LogP contribution < -0.4 is 0 Å². The van der Waals surface area contributed by atoms with Crippen LogP contribution in [0.2, 0.25) is 50.4 Å². The molecule has 0 aromatic rings. The van der Waals surface area contributed by atoms with Crippen molar-refractivity contribution in [2.45, 2.75) is 104 Å². The highest BCUT2D eigenvalue weighted by Gasteiger charge is 2.56. The lowest BCUT2D eigenvalue weighted by atomic mass is 10.4. The Bertz CT molecular complexity index is 951. The molecule has 42 heavy (non-hydrogen) atoms. The summed E-state index contributed by atoms with van der Waals surface area (Å²) in [4.78, 5) is 35.7. The van der Waals surface area contributed by atoms with Crippen LogP contribution in [0.5, 0.6) is 0 Å². The fourth-order valence-corrected chi connectivity index (χ4v) is 28.1. The highest BCUT2D eigenvalue weighted by atomic mass is 28.5. The van der Waals surface area contributed by atoms with Gasteiger partial charge in [0.2, 0.25) is 0 Å². The molecule has 1 aliphatic heterocycles. The molecule has 1 fully saturated rings. The van der Waals surface area contributed by atoms with Gasteiger partial charge in [0, 0.05) is 16.7 Å². The average molecular weight is 661 g/mol. The van der Waals surface area contributed by atoms with Crippen molar-refractivity contribution >= 4 is 52.2 Å². The highest BCUT2D eigenvalue weighted by Crippen LogP contribution is 2.38. The van der Waals surface area contributed by atoms with Gasteiger partial charge in [0.1, 0.15) is 0 Å². The van der Waals surface area contributed by atoms with Crippen LogP contribution in [-0.2, 0) is 45.1 Å². The molecule has 0 N–H and O–H groups in total. The zero-order valence-electron chi connectivity index (χ0n) is 27.0. The van der Waals surface area contributed by atoms with E-state index in [0.717, 1.165) is 12.5 Å². The van der Waals surface area contributed by atoms with Crippen molar-refractivity contribution in [2.24, 2.45) is 0 Å². The van der Waals surface area contributed by atoms with Crippen molar-refractivity contribution in [3.63, 3.8) is 0 Å². The van der Waals surface area contributed by atoms with Gasteiger partial charge in [-0.05, 0) is 90.4 Å². The van der Waals surface area contributed by atoms with Crippen LogP contribution in [-0.4, -0.2) is 72.0 Å². The van der Waals surface area contributed by atoms with Crippen LogP contribution in [0.1, 0.15) is 53.4 Å². The first-order chi connectivity index (χ1) is 19.4. The van der Waals surface area contributed by atoms with Gasteiger partial charge in [-0.25, -0.2) is 14.4 Å². The molecule has 1 heterocycles. The minimum Gasteiger partial charge on any atom is -0.462 e. The van der Waals surface area contributed by atoms with Gasteiger partial charge in [-0.2, -0.15) is 0 Å². The number of esters is 3. The summed E-state index contributed by atoms with van der Waals surface area (Å²) < 4.78 is 43.9. The molecule has 2 unspecified atom stereocenters. The summed E-state index contributed by atoms with van der Waals surface area (Å²) in [5.74, 6) is -1.27. The molecule has 0 saturated carbocycles. The van der Waals surface area contributed by atoms with Gasteiger partial charge in [-0.1, -0.05) is 33.1 Å². The van der Waals surface area contributed by atoms with Gasteiger partial charge < -0.3 is 30.7 Å². The highest BCUT2D eigenvalue weighted by molar-refractivity contribution is 6.93. The van der Waals surface area contributed by atoms with Gasteiger partial charge in [0.15, 0.2) is 0 Å². The number of carbonyl (C=O) groups excluding carboxylic acids is 3. The van der Waals surface area contributed by atoms with E-state index in [1.165, 1.54) is 0 Å². The van der Waals surface area contributed by atoms with Crippen LogP contribution >= 0.6 is 0 Å². The molecule has 10 nitrogen and oxygen atoms in total. The standard InChI is InChI=1S/C28H52O10Si4/c1-12-19-39(8)35-40(9,20-13-16-32-26(29)23(2)3)37-42(11,22-15-18-34-28(31)25(6)7)38-41(10,36-39)21-14-17-33-27(30)24(4)5/h2,4,6,12-22H2,1,3,5,7-11H3. The molecule has 14 heteroatoms. The molecule has 0 spiro atoms. The third-order valence-corrected chi connectivity index (χ3v) is 25.5. The molecule has 2 atom stereocenters. The first-order valence-electron chi connectivity index (χ1n) is 14.7. The molecule has 1 saturated heterocycles. The first-order valence-corrected chi connectivity index (χ1v) is 24.8. The first kappa shape index (κ1) is 38.4. The molecular formula is C28H52O10Si4. The van der Waals surface area contributed by atoms with E-state index >= 15 is 0 Å². The quantitative estimate of drug-likeness (QED) is 0.0579. The molecule has 240 valence electrons. The van der Waals surface area contributed by atoms with Gasteiger partial charge >= 0.3 is 52.2 Å². The van der Waals surface area contributed by atoms with Crippen molar-refractivity contribution in [2.75, 3.05) is 19.8 Å². The molecule has 0 aromatic carbocycles. The monoisotopic (exact) mass is 660 g/mol. The summed E-state index contributed by atoms with van der Waals surface area (Å²) in [6.45, 7) is 26.7. The zero-order chi connectivity index (χ0) is 32.2. The third-order valence-electron chi connectivity index (χ3n) is 6.50. The Morgan fingerprint density at radius 1 is 0.524 bits per heavy atom. The van der Waals surface area contributed by atoms with Gasteiger partial charge in [0.25, 0.3) is 0 Å². The van der Waals surface area contributed by atoms with Gasteiger partial charge in [0.05, 0.1) is 19.8 Å². The second-order valence-electron chi connectivity index (χ2n) is 11.8. The fourth-order valence-electron chi connectivity index (χ4n) is 4.82. The van der Waals surface area contributed by atoms with E-state index in [4.69, 9.17) is 30.7 Å². The van der Waals surface area contributed by atoms with Crippen molar-refractivity contribution in [3.05, 3.63) is 36.5 Å². The van der Waals surface area contributed by atoms with E-state index in [0.29, 0.717) is 54.1 Å². The molecule has 0 aromatic heterocycles. The van der Waals surface area contributed by atoms with E-state index in [2.05, 4.69) is 33.2 Å². The number of carbonyl (C=O) groups is 3. The Labute approximate surface area is 256 Å². The third kappa shape index (κ3) is 13.8. The smallest absolute Gasteiger partial charge is 0.333 e. The predicted octanol–water partition coefficient (Wildman–Crippen LogP) is 6.29. The van der Waals surface area contributed by atoms with Crippen LogP contribution in [0.3, 0.4) is 0 Å². The lowest BCUT2D eigenvalue weighted by Crippen LogP contribution is -2.67. The molecule has 0 amide bonds. The van der Waals surface area contributed by atoms with Crippen LogP contribution in [0.4, 0.5) is 0 Å². The van der Waals surface area contributed by atoms with Crippen molar-refractivity contribution in [1.29, 1.82) is 0 Å². The molecule has 0 bridgehead atoms. The number of rotatable bonds is 17. The van der Waals surface area contributed by atoms with Gasteiger partial charge in [-0.15, -0.1) is 0 Å². The van der Waals surface area contributed by atoms with Crippen molar-refractivity contribution in [1.82, 2.24) is 0 Å². The largest absolute Gasteiger partial charge is 0.462 e. The maximum absolute atomic E-state index is 11.9. The minimum atomic E-state index is -2.94. The van der Waals surface area contributed by atoms with Gasteiger partial charge in [-0.3, -0.25) is 0 Å². The Morgan fingerprint density at radius 2 is 0.762 bits per heavy atom. The molecular weight excluding hydrogens is 609 g/mol. The topological polar surface area (TPSA) is 116 Å². The van der Waals surface area contributed by atoms with Crippen molar-refractivity contribution in [3.8, 4) is 0 Å². The van der Waals surface area contributed by atoms with E-state index in [1.807, 2.05) is 19.6 Å². The van der Waals surface area contributed by atoms with E-state index in [9.17, 15) is 14.4 Å². The second-order valence-corrected chi connectivity index (χ2v) is 26.1. The summed E-state index contributed by atoms with van der Waals surface area (Å²) in [6, 6.07) is 2.53. The number of hydrogen-bond acceptors (Lipinski definition) is 10. The molecule has 0 radical (unpaired) electrons. The second kappa shape index (κ2) is 17.0. The Morgan fingerprint density at radius 3 is 0.976 bits per heavy atom. The minimum absolute atomic E-state index is 0.218. The summed E-state index contributed by atoms with van der Waals surface area (Å²) in [7, 11) is -11.4. The summed E-state index contributed by atoms with van der Waals surface area (Å²) in [6.07, 6.45) is 2.57. The van der Waals surface area contributed by atoms with E-state index in [-0.39, 0.29) is 19.8 Å². The lowest BCUT2D eigenvalue weighted by Gasteiger charge is -2.50. The van der Waals surface area contributed by atoms with Crippen LogP contribution in [0.25, 0.3) is 0 Å². The van der Waals surface area contributed by atoms with E-state index < -0.39 is 52.2 Å². The summed E-state index contributed by atoms with van der Waals surface area (Å²) in [5.41, 5.74) is 1.05. The van der Waals surface area contributed by atoms with Crippen LogP contribution in [0.15, 0.2) is 36.5 Å². The normalized spacial score (nSPS) is 27.7. The number of ether oxygens (including phenoxy) is 3. The lowest BCUT2D eigenvalue weighted by molar-refractivity contribution is -0.139. The average Bonchev–Trinajstić information content (AvgIpc) is 2.85. The predicted molar refractivity (Wildman–Crippen MR) is 172 cm³/mol. The Balaban J connectivity index is 3.20. The fraction of sp³-hybridized carbons (Fsp3) is 0.679. The molecule has 1 aliphatic rings.